The molecule has 0 saturated heterocycles. The average Bonchev–Trinajstić information content (AvgIpc) is 1.80. The van der Waals surface area contributed by atoms with Crippen LogP contribution in [0, 0.1) is 6.42 Å². The van der Waals surface area contributed by atoms with Crippen LogP contribution in [-0.4, -0.2) is 10.2 Å². The van der Waals surface area contributed by atoms with E-state index in [1.807, 2.05) is 0 Å². The van der Waals surface area contributed by atoms with E-state index in [0.29, 0.717) is 4.83 Å². The third kappa shape index (κ3) is 8.96. The molecule has 0 aliphatic rings. The smallest absolute Gasteiger partial charge is 0.0120 e. The van der Waals surface area contributed by atoms with Crippen LogP contribution in [0.15, 0.2) is 0 Å². The normalized spacial score (nSPS) is 13.7. The van der Waals surface area contributed by atoms with Crippen LogP contribution in [0.2, 0.25) is 0 Å². The lowest BCUT2D eigenvalue weighted by molar-refractivity contribution is 0.819. The van der Waals surface area contributed by atoms with Crippen molar-refractivity contribution in [3.05, 3.63) is 6.42 Å². The highest BCUT2D eigenvalue weighted by molar-refractivity contribution is 9.09. The SMILES string of the molecule is CC(Br)C[CH]CCCBr. The zero-order valence-electron chi connectivity index (χ0n) is 5.74. The first-order valence-electron chi connectivity index (χ1n) is 3.29. The average molecular weight is 257 g/mol. The maximum Gasteiger partial charge on any atom is 0.0120 e. The Balaban J connectivity index is 2.75. The summed E-state index contributed by atoms with van der Waals surface area (Å²) in [6.45, 7) is 2.17. The van der Waals surface area contributed by atoms with Crippen molar-refractivity contribution < 1.29 is 0 Å². The Morgan fingerprint density at radius 1 is 1.56 bits per heavy atom. The van der Waals surface area contributed by atoms with Crippen molar-refractivity contribution in [3.8, 4) is 0 Å². The molecule has 0 saturated carbocycles. The Morgan fingerprint density at radius 3 is 2.67 bits per heavy atom. The summed E-state index contributed by atoms with van der Waals surface area (Å²) in [5, 5.41) is 1.13. The van der Waals surface area contributed by atoms with Crippen LogP contribution in [0.4, 0.5) is 0 Å². The fourth-order valence-electron chi connectivity index (χ4n) is 0.569. The maximum atomic E-state index is 3.48. The molecule has 0 fully saturated rings. The molecule has 0 aromatic heterocycles. The number of hydrogen-bond donors (Lipinski definition) is 0. The Kier molecular flexibility index (Phi) is 7.83. The van der Waals surface area contributed by atoms with Crippen LogP contribution >= 0.6 is 31.9 Å². The van der Waals surface area contributed by atoms with Crippen LogP contribution in [-0.2, 0) is 0 Å². The minimum atomic E-state index is 0.646. The van der Waals surface area contributed by atoms with E-state index in [4.69, 9.17) is 0 Å². The van der Waals surface area contributed by atoms with Crippen molar-refractivity contribution in [2.24, 2.45) is 0 Å². The van der Waals surface area contributed by atoms with Crippen LogP contribution in [0.25, 0.3) is 0 Å². The zero-order chi connectivity index (χ0) is 7.11. The van der Waals surface area contributed by atoms with Crippen LogP contribution in [0.3, 0.4) is 0 Å². The van der Waals surface area contributed by atoms with Gasteiger partial charge in [-0.15, -0.1) is 0 Å². The summed E-state index contributed by atoms with van der Waals surface area (Å²) >= 11 is 6.87. The number of halogens is 2. The second-order valence-electron chi connectivity index (χ2n) is 2.14. The van der Waals surface area contributed by atoms with Gasteiger partial charge in [-0.3, -0.25) is 0 Å². The molecule has 0 aliphatic carbocycles. The summed E-state index contributed by atoms with van der Waals surface area (Å²) in [6, 6.07) is 0. The number of rotatable bonds is 5. The minimum absolute atomic E-state index is 0.646. The number of alkyl halides is 2. The fourth-order valence-corrected chi connectivity index (χ4v) is 1.16. The molecule has 2 heteroatoms. The topological polar surface area (TPSA) is 0 Å². The van der Waals surface area contributed by atoms with E-state index >= 15 is 0 Å². The van der Waals surface area contributed by atoms with Gasteiger partial charge in [0.25, 0.3) is 0 Å². The lowest BCUT2D eigenvalue weighted by Crippen LogP contribution is -1.89. The molecular formula is C7H13Br2. The third-order valence-electron chi connectivity index (χ3n) is 1.03. The van der Waals surface area contributed by atoms with E-state index in [9.17, 15) is 0 Å². The summed E-state index contributed by atoms with van der Waals surface area (Å²) in [5.74, 6) is 0. The molecule has 0 N–H and O–H groups in total. The zero-order valence-corrected chi connectivity index (χ0v) is 8.91. The molecule has 0 nitrogen and oxygen atoms in total. The first-order valence-corrected chi connectivity index (χ1v) is 5.32. The predicted molar refractivity (Wildman–Crippen MR) is 50.3 cm³/mol. The summed E-state index contributed by atoms with van der Waals surface area (Å²) < 4.78 is 0. The van der Waals surface area contributed by atoms with Crippen LogP contribution in [0.5, 0.6) is 0 Å². The molecule has 1 atom stereocenters. The Hall–Kier alpha value is 0.960. The molecule has 0 amide bonds. The number of hydrogen-bond acceptors (Lipinski definition) is 0. The highest BCUT2D eigenvalue weighted by Crippen LogP contribution is 2.08. The van der Waals surface area contributed by atoms with E-state index in [1.54, 1.807) is 0 Å². The van der Waals surface area contributed by atoms with Gasteiger partial charge in [-0.25, -0.2) is 0 Å². The summed E-state index contributed by atoms with van der Waals surface area (Å²) in [4.78, 5) is 0.646. The van der Waals surface area contributed by atoms with Crippen molar-refractivity contribution in [1.82, 2.24) is 0 Å². The standard InChI is InChI=1S/C7H13Br2/c1-7(9)5-3-2-4-6-8/h3,7H,2,4-6H2,1H3. The van der Waals surface area contributed by atoms with Gasteiger partial charge in [0.15, 0.2) is 0 Å². The molecule has 0 spiro atoms. The Labute approximate surface area is 74.7 Å². The second-order valence-corrected chi connectivity index (χ2v) is 4.49. The van der Waals surface area contributed by atoms with Gasteiger partial charge in [-0.1, -0.05) is 38.8 Å². The fraction of sp³-hybridized carbons (Fsp3) is 0.857. The van der Waals surface area contributed by atoms with E-state index in [2.05, 4.69) is 45.2 Å². The highest BCUT2D eigenvalue weighted by atomic mass is 79.9. The second kappa shape index (κ2) is 7.07. The molecule has 55 valence electrons. The maximum absolute atomic E-state index is 3.48. The quantitative estimate of drug-likeness (QED) is 0.522. The van der Waals surface area contributed by atoms with E-state index in [1.165, 1.54) is 19.3 Å². The van der Waals surface area contributed by atoms with Gasteiger partial charge in [0.05, 0.1) is 0 Å². The molecule has 0 bridgehead atoms. The summed E-state index contributed by atoms with van der Waals surface area (Å²) in [6.07, 6.45) is 6.02. The lowest BCUT2D eigenvalue weighted by atomic mass is 10.2. The molecule has 1 unspecified atom stereocenters. The monoisotopic (exact) mass is 255 g/mol. The van der Waals surface area contributed by atoms with Gasteiger partial charge in [-0.05, 0) is 25.7 Å². The highest BCUT2D eigenvalue weighted by Gasteiger charge is 1.94. The van der Waals surface area contributed by atoms with E-state index in [0.717, 1.165) is 5.33 Å². The van der Waals surface area contributed by atoms with Crippen LogP contribution in [0.1, 0.15) is 26.2 Å². The van der Waals surface area contributed by atoms with Crippen molar-refractivity contribution in [3.63, 3.8) is 0 Å². The molecule has 0 aromatic rings. The van der Waals surface area contributed by atoms with Crippen molar-refractivity contribution in [1.29, 1.82) is 0 Å². The van der Waals surface area contributed by atoms with Crippen LogP contribution < -0.4 is 0 Å². The van der Waals surface area contributed by atoms with Crippen molar-refractivity contribution in [2.45, 2.75) is 31.0 Å². The molecule has 0 aromatic carbocycles. The summed E-state index contributed by atoms with van der Waals surface area (Å²) in [7, 11) is 0. The summed E-state index contributed by atoms with van der Waals surface area (Å²) in [5.41, 5.74) is 0. The van der Waals surface area contributed by atoms with Gasteiger partial charge in [0.1, 0.15) is 0 Å². The largest absolute Gasteiger partial charge is 0.0928 e. The van der Waals surface area contributed by atoms with Crippen molar-refractivity contribution >= 4 is 31.9 Å². The molecule has 0 heterocycles. The number of unbranched alkanes of at least 4 members (excludes halogenated alkanes) is 2. The lowest BCUT2D eigenvalue weighted by Gasteiger charge is -1.99. The molecule has 0 rings (SSSR count). The first kappa shape index (κ1) is 9.96. The first-order chi connectivity index (χ1) is 4.27. The Morgan fingerprint density at radius 2 is 2.22 bits per heavy atom. The van der Waals surface area contributed by atoms with Gasteiger partial charge in [0.2, 0.25) is 0 Å². The minimum Gasteiger partial charge on any atom is -0.0928 e. The molecule has 1 radical (unpaired) electrons. The van der Waals surface area contributed by atoms with Crippen molar-refractivity contribution in [2.75, 3.05) is 5.33 Å². The van der Waals surface area contributed by atoms with Gasteiger partial charge < -0.3 is 0 Å². The van der Waals surface area contributed by atoms with Gasteiger partial charge in [-0.2, -0.15) is 0 Å². The molecule has 0 aliphatic heterocycles. The molecule has 9 heavy (non-hydrogen) atoms. The predicted octanol–water partition coefficient (Wildman–Crippen LogP) is 3.54. The molecular weight excluding hydrogens is 244 g/mol. The Bertz CT molecular complexity index is 52.9. The van der Waals surface area contributed by atoms with Gasteiger partial charge >= 0.3 is 0 Å². The van der Waals surface area contributed by atoms with Gasteiger partial charge in [0, 0.05) is 10.2 Å². The van der Waals surface area contributed by atoms with E-state index in [-0.39, 0.29) is 0 Å². The van der Waals surface area contributed by atoms with E-state index < -0.39 is 0 Å². The third-order valence-corrected chi connectivity index (χ3v) is 1.97.